The number of nitrogens with zero attached hydrogens (tertiary/aromatic N) is 1. The van der Waals surface area contributed by atoms with Crippen LogP contribution < -0.4 is 14.8 Å². The molecule has 2 fully saturated rings. The van der Waals surface area contributed by atoms with Crippen LogP contribution in [0.1, 0.15) is 48.9 Å². The minimum atomic E-state index is -4.77. The lowest BCUT2D eigenvalue weighted by molar-refractivity contribution is -0.274. The number of aliphatic hydroxyl groups excluding tert-OH is 1. The number of carbonyl (C=O) groups excluding carboxylic acids is 1. The van der Waals surface area contributed by atoms with E-state index in [0.717, 1.165) is 25.7 Å². The number of alkyl halides is 3. The first kappa shape index (κ1) is 22.4. The Bertz CT molecular complexity index is 945. The van der Waals surface area contributed by atoms with Crippen molar-refractivity contribution in [3.05, 3.63) is 42.1 Å². The number of amides is 1. The van der Waals surface area contributed by atoms with Gasteiger partial charge in [0.15, 0.2) is 0 Å². The van der Waals surface area contributed by atoms with Crippen LogP contribution in [0.2, 0.25) is 0 Å². The van der Waals surface area contributed by atoms with Gasteiger partial charge in [-0.15, -0.1) is 13.2 Å². The quantitative estimate of drug-likeness (QED) is 0.651. The lowest BCUT2D eigenvalue weighted by Crippen LogP contribution is -2.45. The Hall–Kier alpha value is -2.81. The Morgan fingerprint density at radius 3 is 2.50 bits per heavy atom. The number of hydrogen-bond acceptors (Lipinski definition) is 5. The summed E-state index contributed by atoms with van der Waals surface area (Å²) in [4.78, 5) is 17.1. The van der Waals surface area contributed by atoms with E-state index in [1.807, 2.05) is 0 Å². The topological polar surface area (TPSA) is 80.7 Å². The number of ether oxygens (including phenoxy) is 2. The first-order chi connectivity index (χ1) is 15.3. The third-order valence-corrected chi connectivity index (χ3v) is 5.71. The highest BCUT2D eigenvalue weighted by Gasteiger charge is 2.31. The summed E-state index contributed by atoms with van der Waals surface area (Å²) < 4.78 is 47.1. The summed E-state index contributed by atoms with van der Waals surface area (Å²) in [6, 6.07) is 6.64. The van der Waals surface area contributed by atoms with Gasteiger partial charge in [0.2, 0.25) is 5.88 Å². The minimum absolute atomic E-state index is 0.284. The Labute approximate surface area is 183 Å². The van der Waals surface area contributed by atoms with E-state index in [4.69, 9.17) is 4.74 Å². The number of nitrogens with one attached hydrogen (secondary N) is 1. The molecule has 1 amide bonds. The van der Waals surface area contributed by atoms with Crippen LogP contribution in [0.15, 0.2) is 36.5 Å². The summed E-state index contributed by atoms with van der Waals surface area (Å²) in [5, 5.41) is 13.0. The second-order valence-electron chi connectivity index (χ2n) is 8.34. The summed E-state index contributed by atoms with van der Waals surface area (Å²) in [5.41, 5.74) is 1.33. The highest BCUT2D eigenvalue weighted by atomic mass is 19.4. The van der Waals surface area contributed by atoms with Gasteiger partial charge in [0, 0.05) is 11.8 Å². The van der Waals surface area contributed by atoms with E-state index in [1.54, 1.807) is 6.07 Å². The Kier molecular flexibility index (Phi) is 6.55. The predicted octanol–water partition coefficient (Wildman–Crippen LogP) is 4.47. The number of pyridine rings is 1. The van der Waals surface area contributed by atoms with E-state index in [2.05, 4.69) is 15.0 Å². The molecule has 1 aromatic heterocycles. The molecule has 4 rings (SSSR count). The fourth-order valence-electron chi connectivity index (χ4n) is 3.75. The molecule has 0 unspecified atom stereocenters. The van der Waals surface area contributed by atoms with Gasteiger partial charge in [0.05, 0.1) is 24.3 Å². The molecule has 1 aromatic carbocycles. The molecular formula is C23H25F3N2O4. The lowest BCUT2D eigenvalue weighted by atomic mass is 9.92. The maximum atomic E-state index is 12.8. The molecule has 0 spiro atoms. The van der Waals surface area contributed by atoms with Crippen molar-refractivity contribution in [3.63, 3.8) is 0 Å². The van der Waals surface area contributed by atoms with Gasteiger partial charge >= 0.3 is 6.36 Å². The van der Waals surface area contributed by atoms with Gasteiger partial charge in [-0.3, -0.25) is 4.79 Å². The summed E-state index contributed by atoms with van der Waals surface area (Å²) in [6.45, 7) is 0.495. The van der Waals surface area contributed by atoms with E-state index in [9.17, 15) is 23.1 Å². The molecule has 2 aromatic rings. The average Bonchev–Trinajstić information content (AvgIpc) is 3.58. The van der Waals surface area contributed by atoms with E-state index >= 15 is 0 Å². The minimum Gasteiger partial charge on any atom is -0.477 e. The smallest absolute Gasteiger partial charge is 0.477 e. The zero-order chi connectivity index (χ0) is 22.7. The predicted molar refractivity (Wildman–Crippen MR) is 110 cm³/mol. The van der Waals surface area contributed by atoms with E-state index in [-0.39, 0.29) is 23.3 Å². The molecular weight excluding hydrogens is 425 g/mol. The van der Waals surface area contributed by atoms with Crippen molar-refractivity contribution in [2.45, 2.75) is 57.0 Å². The van der Waals surface area contributed by atoms with Crippen molar-refractivity contribution in [3.8, 4) is 22.8 Å². The third kappa shape index (κ3) is 5.91. The number of aromatic nitrogens is 1. The molecule has 0 radical (unpaired) electrons. The van der Waals surface area contributed by atoms with Crippen LogP contribution in [-0.4, -0.2) is 41.1 Å². The van der Waals surface area contributed by atoms with Crippen LogP contribution in [0.3, 0.4) is 0 Å². The van der Waals surface area contributed by atoms with Gasteiger partial charge in [-0.1, -0.05) is 25.0 Å². The fourth-order valence-corrected chi connectivity index (χ4v) is 3.75. The van der Waals surface area contributed by atoms with Crippen LogP contribution in [0.25, 0.3) is 11.1 Å². The van der Waals surface area contributed by atoms with Crippen molar-refractivity contribution in [2.24, 2.45) is 5.92 Å². The first-order valence-corrected chi connectivity index (χ1v) is 10.8. The molecule has 2 N–H and O–H groups in total. The van der Waals surface area contributed by atoms with Crippen molar-refractivity contribution in [1.29, 1.82) is 0 Å². The summed E-state index contributed by atoms with van der Waals surface area (Å²) >= 11 is 0. The molecule has 1 heterocycles. The molecule has 2 aliphatic carbocycles. The molecule has 2 saturated carbocycles. The number of rotatable bonds is 7. The zero-order valence-corrected chi connectivity index (χ0v) is 17.4. The summed E-state index contributed by atoms with van der Waals surface area (Å²) in [5.74, 6) is 0.0870. The van der Waals surface area contributed by atoms with Gasteiger partial charge in [-0.25, -0.2) is 4.98 Å². The van der Waals surface area contributed by atoms with Crippen LogP contribution in [0.5, 0.6) is 11.6 Å². The fraction of sp³-hybridized carbons (Fsp3) is 0.478. The second-order valence-corrected chi connectivity index (χ2v) is 8.34. The first-order valence-electron chi connectivity index (χ1n) is 10.8. The van der Waals surface area contributed by atoms with Gasteiger partial charge in [-0.2, -0.15) is 0 Å². The second kappa shape index (κ2) is 9.36. The van der Waals surface area contributed by atoms with Crippen LogP contribution >= 0.6 is 0 Å². The maximum absolute atomic E-state index is 12.8. The number of carbonyl (C=O) groups is 1. The van der Waals surface area contributed by atoms with Crippen molar-refractivity contribution in [2.75, 3.05) is 6.61 Å². The van der Waals surface area contributed by atoms with E-state index < -0.39 is 12.5 Å². The Morgan fingerprint density at radius 1 is 1.12 bits per heavy atom. The summed E-state index contributed by atoms with van der Waals surface area (Å²) in [6.07, 6.45) is 1.45. The zero-order valence-electron chi connectivity index (χ0n) is 17.4. The molecule has 172 valence electrons. The average molecular weight is 450 g/mol. The summed E-state index contributed by atoms with van der Waals surface area (Å²) in [7, 11) is 0. The van der Waals surface area contributed by atoms with Crippen molar-refractivity contribution < 1.29 is 32.5 Å². The van der Waals surface area contributed by atoms with Crippen LogP contribution in [-0.2, 0) is 0 Å². The molecule has 32 heavy (non-hydrogen) atoms. The van der Waals surface area contributed by atoms with Gasteiger partial charge < -0.3 is 19.9 Å². The molecule has 0 aliphatic heterocycles. The molecule has 0 saturated heterocycles. The lowest BCUT2D eigenvalue weighted by Gasteiger charge is -2.28. The molecule has 9 heteroatoms. The monoisotopic (exact) mass is 450 g/mol. The SMILES string of the molecule is O=C(N[C@@H]1CCCC[C@H]1O)c1cnc(OCC2CC2)c(-c2ccc(OC(F)(F)F)cc2)c1. The normalized spacial score (nSPS) is 21.1. The third-order valence-electron chi connectivity index (χ3n) is 5.71. The number of halogens is 3. The van der Waals surface area contributed by atoms with E-state index in [1.165, 1.54) is 30.5 Å². The van der Waals surface area contributed by atoms with Gasteiger partial charge in [0.1, 0.15) is 5.75 Å². The van der Waals surface area contributed by atoms with Gasteiger partial charge in [0.25, 0.3) is 5.91 Å². The van der Waals surface area contributed by atoms with Crippen LogP contribution in [0.4, 0.5) is 13.2 Å². The standard InChI is InChI=1S/C23H25F3N2O4/c24-23(25,26)32-17-9-7-15(8-10-17)18-11-16(12-27-22(18)31-13-14-5-6-14)21(30)28-19-3-1-2-4-20(19)29/h7-12,14,19-20,29H,1-6,13H2,(H,28,30)/t19-,20-/m1/s1. The molecule has 2 atom stereocenters. The van der Waals surface area contributed by atoms with Crippen LogP contribution in [0, 0.1) is 5.92 Å². The van der Waals surface area contributed by atoms with Crippen molar-refractivity contribution in [1.82, 2.24) is 10.3 Å². The molecule has 2 aliphatic rings. The molecule has 6 nitrogen and oxygen atoms in total. The molecule has 0 bridgehead atoms. The highest BCUT2D eigenvalue weighted by Crippen LogP contribution is 2.34. The van der Waals surface area contributed by atoms with Gasteiger partial charge in [-0.05, 0) is 55.4 Å². The highest BCUT2D eigenvalue weighted by molar-refractivity contribution is 5.95. The Balaban J connectivity index is 1.57. The Morgan fingerprint density at radius 2 is 1.84 bits per heavy atom. The van der Waals surface area contributed by atoms with E-state index in [0.29, 0.717) is 42.4 Å². The number of aliphatic hydroxyl groups is 1. The number of hydrogen-bond donors (Lipinski definition) is 2. The maximum Gasteiger partial charge on any atom is 0.573 e. The van der Waals surface area contributed by atoms with Crippen molar-refractivity contribution >= 4 is 5.91 Å². The largest absolute Gasteiger partial charge is 0.573 e. The number of benzene rings is 1.